The predicted molar refractivity (Wildman–Crippen MR) is 126 cm³/mol. The van der Waals surface area contributed by atoms with E-state index in [2.05, 4.69) is 10.3 Å². The number of anilines is 2. The molecule has 0 saturated carbocycles. The number of benzene rings is 2. The van der Waals surface area contributed by atoms with Gasteiger partial charge in [-0.3, -0.25) is 19.5 Å². The predicted octanol–water partition coefficient (Wildman–Crippen LogP) is 3.76. The number of nitrogens with one attached hydrogen (secondary N) is 1. The lowest BCUT2D eigenvalue weighted by atomic mass is 10.1. The molecule has 3 aromatic rings. The van der Waals surface area contributed by atoms with Crippen molar-refractivity contribution in [3.63, 3.8) is 0 Å². The Morgan fingerprint density at radius 3 is 2.48 bits per heavy atom. The Morgan fingerprint density at radius 2 is 1.85 bits per heavy atom. The van der Waals surface area contributed by atoms with Crippen LogP contribution < -0.4 is 15.0 Å². The van der Waals surface area contributed by atoms with Gasteiger partial charge in [0.25, 0.3) is 5.91 Å². The van der Waals surface area contributed by atoms with E-state index in [4.69, 9.17) is 17.0 Å². The van der Waals surface area contributed by atoms with E-state index in [0.29, 0.717) is 22.8 Å². The third-order valence-corrected chi connectivity index (χ3v) is 5.63. The van der Waals surface area contributed by atoms with Gasteiger partial charge in [0.15, 0.2) is 5.11 Å². The van der Waals surface area contributed by atoms with Crippen LogP contribution in [0.2, 0.25) is 0 Å². The van der Waals surface area contributed by atoms with Crippen molar-refractivity contribution in [2.45, 2.75) is 19.0 Å². The highest BCUT2D eigenvalue weighted by atomic mass is 32.1. The third-order valence-electron chi connectivity index (χ3n) is 5.21. The summed E-state index contributed by atoms with van der Waals surface area (Å²) in [5, 5.41) is 2.99. The first-order valence-electron chi connectivity index (χ1n) is 10.2. The fraction of sp³-hybridized carbons (Fsp3) is 0.167. The Hall–Kier alpha value is -3.85. The molecule has 1 aromatic heterocycles. The molecule has 9 heteroatoms. The monoisotopic (exact) mass is 464 g/mol. The van der Waals surface area contributed by atoms with Crippen LogP contribution in [0.5, 0.6) is 5.75 Å². The first-order chi connectivity index (χ1) is 16.0. The van der Waals surface area contributed by atoms with Crippen LogP contribution >= 0.6 is 12.2 Å². The minimum atomic E-state index is -0.818. The summed E-state index contributed by atoms with van der Waals surface area (Å²) in [7, 11) is 1.56. The average Bonchev–Trinajstić information content (AvgIpc) is 3.05. The van der Waals surface area contributed by atoms with Crippen LogP contribution in [0, 0.1) is 5.82 Å². The zero-order valence-corrected chi connectivity index (χ0v) is 18.6. The van der Waals surface area contributed by atoms with Crippen molar-refractivity contribution >= 4 is 40.5 Å². The number of halogens is 1. The number of nitrogens with zero attached hydrogens (tertiary/aromatic N) is 3. The van der Waals surface area contributed by atoms with Gasteiger partial charge in [0.1, 0.15) is 17.6 Å². The molecule has 2 amide bonds. The van der Waals surface area contributed by atoms with Gasteiger partial charge in [0.05, 0.1) is 31.5 Å². The number of amides is 2. The zero-order chi connectivity index (χ0) is 23.4. The number of ether oxygens (including phenoxy) is 1. The molecule has 4 rings (SSSR count). The number of pyridine rings is 1. The normalized spacial score (nSPS) is 15.6. The molecule has 1 aliphatic rings. The Labute approximate surface area is 195 Å². The second kappa shape index (κ2) is 9.74. The zero-order valence-electron chi connectivity index (χ0n) is 17.8. The molecule has 33 heavy (non-hydrogen) atoms. The topological polar surface area (TPSA) is 74.8 Å². The van der Waals surface area contributed by atoms with Crippen molar-refractivity contribution in [2.24, 2.45) is 0 Å². The quantitative estimate of drug-likeness (QED) is 0.537. The van der Waals surface area contributed by atoms with Gasteiger partial charge < -0.3 is 15.0 Å². The molecule has 168 valence electrons. The minimum Gasteiger partial charge on any atom is -0.497 e. The summed E-state index contributed by atoms with van der Waals surface area (Å²) in [4.78, 5) is 33.6. The van der Waals surface area contributed by atoms with E-state index >= 15 is 0 Å². The van der Waals surface area contributed by atoms with E-state index in [9.17, 15) is 14.0 Å². The van der Waals surface area contributed by atoms with Crippen LogP contribution in [0.3, 0.4) is 0 Å². The van der Waals surface area contributed by atoms with Crippen LogP contribution in [-0.2, 0) is 16.1 Å². The number of hydrogen-bond acceptors (Lipinski definition) is 5. The summed E-state index contributed by atoms with van der Waals surface area (Å²) in [6, 6.07) is 17.1. The summed E-state index contributed by atoms with van der Waals surface area (Å²) in [6.07, 6.45) is 1.53. The highest BCUT2D eigenvalue weighted by Gasteiger charge is 2.44. The highest BCUT2D eigenvalue weighted by Crippen LogP contribution is 2.30. The molecule has 0 spiro atoms. The smallest absolute Gasteiger partial charge is 0.256 e. The third kappa shape index (κ3) is 4.98. The lowest BCUT2D eigenvalue weighted by Gasteiger charge is -2.23. The van der Waals surface area contributed by atoms with Gasteiger partial charge in [0.2, 0.25) is 5.91 Å². The van der Waals surface area contributed by atoms with E-state index in [-0.39, 0.29) is 29.9 Å². The fourth-order valence-corrected chi connectivity index (χ4v) is 3.96. The van der Waals surface area contributed by atoms with Crippen LogP contribution in [0.4, 0.5) is 15.8 Å². The minimum absolute atomic E-state index is 0.129. The highest BCUT2D eigenvalue weighted by molar-refractivity contribution is 7.80. The second-order valence-electron chi connectivity index (χ2n) is 7.38. The van der Waals surface area contributed by atoms with Gasteiger partial charge in [-0.05, 0) is 72.9 Å². The number of hydrogen-bond donors (Lipinski definition) is 1. The van der Waals surface area contributed by atoms with Crippen molar-refractivity contribution in [3.05, 3.63) is 84.4 Å². The summed E-state index contributed by atoms with van der Waals surface area (Å²) in [6.45, 7) is 0.270. The molecule has 0 radical (unpaired) electrons. The van der Waals surface area contributed by atoms with Crippen LogP contribution in [-0.4, -0.2) is 40.0 Å². The standard InChI is InChI=1S/C24H21FN4O3S/c1-32-20-11-9-19(10-12-20)29-23(31)21(14-22(30)27-17-7-5-16(25)6-8-17)28(24(29)33)15-18-4-2-3-13-26-18/h2-13,21H,14-15H2,1H3,(H,27,30)/t21-/m0/s1. The van der Waals surface area contributed by atoms with Gasteiger partial charge in [-0.25, -0.2) is 4.39 Å². The molecule has 1 atom stereocenters. The summed E-state index contributed by atoms with van der Waals surface area (Å²) < 4.78 is 18.4. The van der Waals surface area contributed by atoms with Gasteiger partial charge >= 0.3 is 0 Å². The Bertz CT molecular complexity index is 1160. The molecule has 0 aliphatic carbocycles. The van der Waals surface area contributed by atoms with E-state index < -0.39 is 11.9 Å². The number of carbonyl (C=O) groups excluding carboxylic acids is 2. The van der Waals surface area contributed by atoms with Crippen molar-refractivity contribution in [1.29, 1.82) is 0 Å². The van der Waals surface area contributed by atoms with E-state index in [0.717, 1.165) is 0 Å². The maximum Gasteiger partial charge on any atom is 0.256 e. The molecular weight excluding hydrogens is 443 g/mol. The van der Waals surface area contributed by atoms with Crippen LogP contribution in [0.15, 0.2) is 72.9 Å². The van der Waals surface area contributed by atoms with Crippen LogP contribution in [0.25, 0.3) is 0 Å². The molecule has 2 aromatic carbocycles. The summed E-state index contributed by atoms with van der Waals surface area (Å²) >= 11 is 5.65. The Kier molecular flexibility index (Phi) is 6.60. The number of carbonyl (C=O) groups is 2. The average molecular weight is 465 g/mol. The van der Waals surface area contributed by atoms with Gasteiger partial charge in [-0.2, -0.15) is 0 Å². The van der Waals surface area contributed by atoms with Crippen molar-refractivity contribution in [3.8, 4) is 5.75 Å². The van der Waals surface area contributed by atoms with Crippen molar-refractivity contribution in [1.82, 2.24) is 9.88 Å². The van der Waals surface area contributed by atoms with Crippen LogP contribution in [0.1, 0.15) is 12.1 Å². The first-order valence-corrected chi connectivity index (χ1v) is 10.6. The van der Waals surface area contributed by atoms with Crippen molar-refractivity contribution < 1.29 is 18.7 Å². The lowest BCUT2D eigenvalue weighted by Crippen LogP contribution is -2.37. The second-order valence-corrected chi connectivity index (χ2v) is 7.74. The molecule has 2 heterocycles. The number of thiocarbonyl (C=S) groups is 1. The molecule has 1 saturated heterocycles. The molecule has 7 nitrogen and oxygen atoms in total. The van der Waals surface area contributed by atoms with Gasteiger partial charge in [-0.15, -0.1) is 0 Å². The van der Waals surface area contributed by atoms with Crippen molar-refractivity contribution in [2.75, 3.05) is 17.3 Å². The summed E-state index contributed by atoms with van der Waals surface area (Å²) in [5.41, 5.74) is 1.74. The molecule has 0 bridgehead atoms. The largest absolute Gasteiger partial charge is 0.497 e. The van der Waals surface area contributed by atoms with E-state index in [1.807, 2.05) is 12.1 Å². The maximum atomic E-state index is 13.4. The number of rotatable bonds is 7. The number of methoxy groups -OCH3 is 1. The van der Waals surface area contributed by atoms with E-state index in [1.54, 1.807) is 48.5 Å². The Balaban J connectivity index is 1.59. The Morgan fingerprint density at radius 1 is 1.12 bits per heavy atom. The maximum absolute atomic E-state index is 13.4. The van der Waals surface area contributed by atoms with Gasteiger partial charge in [-0.1, -0.05) is 6.07 Å². The SMILES string of the molecule is COc1ccc(N2C(=O)[C@H](CC(=O)Nc3ccc(F)cc3)N(Cc3ccccn3)C2=S)cc1. The molecule has 0 unspecified atom stereocenters. The molecule has 1 fully saturated rings. The molecule has 1 aliphatic heterocycles. The molecular formula is C24H21FN4O3S. The van der Waals surface area contributed by atoms with E-state index in [1.165, 1.54) is 29.2 Å². The number of aromatic nitrogens is 1. The van der Waals surface area contributed by atoms with Gasteiger partial charge in [0, 0.05) is 11.9 Å². The molecule has 1 N–H and O–H groups in total. The first kappa shape index (κ1) is 22.3. The lowest BCUT2D eigenvalue weighted by molar-refractivity contribution is -0.124. The fourth-order valence-electron chi connectivity index (χ4n) is 3.57. The summed E-state index contributed by atoms with van der Waals surface area (Å²) in [5.74, 6) is -0.446.